The van der Waals surface area contributed by atoms with Crippen LogP contribution in [0, 0.1) is 12.7 Å². The molecule has 0 nitrogen and oxygen atoms in total. The minimum atomic E-state index is -0.225. The van der Waals surface area contributed by atoms with Crippen LogP contribution in [-0.4, -0.2) is 23.1 Å². The van der Waals surface area contributed by atoms with Gasteiger partial charge in [0, 0.05) is 0 Å². The zero-order chi connectivity index (χ0) is 5.98. The number of rotatable bonds is 0. The number of hydrogen-bond acceptors (Lipinski definition) is 0. The van der Waals surface area contributed by atoms with Crippen LogP contribution in [0.4, 0.5) is 4.39 Å². The van der Waals surface area contributed by atoms with Crippen molar-refractivity contribution in [3.63, 3.8) is 0 Å². The maximum absolute atomic E-state index is 12.1. The van der Waals surface area contributed by atoms with Gasteiger partial charge in [0.15, 0.2) is 0 Å². The lowest BCUT2D eigenvalue weighted by molar-refractivity contribution is 0.627. The molecule has 0 fully saturated rings. The molecule has 0 saturated heterocycles. The summed E-state index contributed by atoms with van der Waals surface area (Å²) < 4.78 is 12.1. The standard InChI is InChI=1S/C7H6F.Mg.2H/c1-6-3-2-4-7(8)5-6;;;/h2-5H,1H2;;;. The van der Waals surface area contributed by atoms with Crippen molar-refractivity contribution in [1.82, 2.24) is 0 Å². The Bertz CT molecular complexity index is 169. The van der Waals surface area contributed by atoms with Gasteiger partial charge >= 0.3 is 23.1 Å². The zero-order valence-electron chi connectivity index (χ0n) is 4.39. The Morgan fingerprint density at radius 1 is 1.33 bits per heavy atom. The van der Waals surface area contributed by atoms with Crippen LogP contribution in [-0.2, 0) is 0 Å². The van der Waals surface area contributed by atoms with Crippen molar-refractivity contribution in [2.24, 2.45) is 0 Å². The van der Waals surface area contributed by atoms with Crippen molar-refractivity contribution < 1.29 is 4.39 Å². The Morgan fingerprint density at radius 3 is 2.33 bits per heavy atom. The number of hydrogen-bond donors (Lipinski definition) is 0. The van der Waals surface area contributed by atoms with Crippen molar-refractivity contribution in [3.8, 4) is 0 Å². The summed E-state index contributed by atoms with van der Waals surface area (Å²) in [5, 5.41) is 0. The van der Waals surface area contributed by atoms with E-state index in [1.54, 1.807) is 12.1 Å². The molecule has 0 aliphatic carbocycles. The van der Waals surface area contributed by atoms with E-state index in [-0.39, 0.29) is 28.9 Å². The Labute approximate surface area is 70.2 Å². The molecule has 0 N–H and O–H groups in total. The van der Waals surface area contributed by atoms with Crippen molar-refractivity contribution in [2.75, 3.05) is 0 Å². The molecule has 0 amide bonds. The van der Waals surface area contributed by atoms with E-state index in [2.05, 4.69) is 6.92 Å². The van der Waals surface area contributed by atoms with E-state index in [1.807, 2.05) is 0 Å². The highest BCUT2D eigenvalue weighted by molar-refractivity contribution is 5.75. The molecule has 45 valence electrons. The SMILES string of the molecule is [CH2]c1cccc(F)c1.[MgH2]. The highest BCUT2D eigenvalue weighted by Gasteiger charge is 1.84. The van der Waals surface area contributed by atoms with E-state index in [9.17, 15) is 4.39 Å². The highest BCUT2D eigenvalue weighted by atomic mass is 24.3. The molecule has 0 aromatic heterocycles. The summed E-state index contributed by atoms with van der Waals surface area (Å²) in [5.74, 6) is -0.225. The van der Waals surface area contributed by atoms with Crippen LogP contribution in [0.1, 0.15) is 5.56 Å². The predicted molar refractivity (Wildman–Crippen MR) is 39.4 cm³/mol. The van der Waals surface area contributed by atoms with E-state index in [4.69, 9.17) is 0 Å². The highest BCUT2D eigenvalue weighted by Crippen LogP contribution is 1.99. The molecule has 1 radical (unpaired) electrons. The smallest absolute Gasteiger partial charge is 0.207 e. The fraction of sp³-hybridized carbons (Fsp3) is 0. The summed E-state index contributed by atoms with van der Waals surface area (Å²) in [6, 6.07) is 6.18. The van der Waals surface area contributed by atoms with Gasteiger partial charge in [0.25, 0.3) is 0 Å². The molecule has 0 spiro atoms. The predicted octanol–water partition coefficient (Wildman–Crippen LogP) is 1.09. The first-order valence-electron chi connectivity index (χ1n) is 2.36. The number of benzene rings is 1. The maximum atomic E-state index is 12.1. The van der Waals surface area contributed by atoms with Crippen LogP contribution in [0.25, 0.3) is 0 Å². The van der Waals surface area contributed by atoms with E-state index >= 15 is 0 Å². The summed E-state index contributed by atoms with van der Waals surface area (Å²) in [4.78, 5) is 0. The first-order valence-corrected chi connectivity index (χ1v) is 2.36. The molecule has 0 aliphatic heterocycles. The summed E-state index contributed by atoms with van der Waals surface area (Å²) in [6.45, 7) is 3.54. The third-order valence-corrected chi connectivity index (χ3v) is 0.889. The largest absolute Gasteiger partial charge is 0.316 e. The lowest BCUT2D eigenvalue weighted by Crippen LogP contribution is -1.72. The van der Waals surface area contributed by atoms with Gasteiger partial charge in [0.2, 0.25) is 0 Å². The number of halogens is 1. The monoisotopic (exact) mass is 135 g/mol. The van der Waals surface area contributed by atoms with Crippen molar-refractivity contribution in [2.45, 2.75) is 0 Å². The summed E-state index contributed by atoms with van der Waals surface area (Å²) >= 11 is 0. The molecule has 1 aromatic rings. The van der Waals surface area contributed by atoms with Gasteiger partial charge in [-0.3, -0.25) is 0 Å². The van der Waals surface area contributed by atoms with Crippen LogP contribution in [0.2, 0.25) is 0 Å². The average molecular weight is 135 g/mol. The average Bonchev–Trinajstić information content (AvgIpc) is 1.64. The molecule has 1 aromatic carbocycles. The van der Waals surface area contributed by atoms with Crippen LogP contribution < -0.4 is 0 Å². The minimum absolute atomic E-state index is 0. The fourth-order valence-electron chi connectivity index (χ4n) is 0.537. The molecule has 0 saturated carbocycles. The van der Waals surface area contributed by atoms with Crippen molar-refractivity contribution in [1.29, 1.82) is 0 Å². The summed E-state index contributed by atoms with van der Waals surface area (Å²) in [5.41, 5.74) is 0.713. The summed E-state index contributed by atoms with van der Waals surface area (Å²) in [7, 11) is 0. The van der Waals surface area contributed by atoms with Gasteiger partial charge in [-0.1, -0.05) is 12.1 Å². The molecular formula is C7H8FMg. The summed E-state index contributed by atoms with van der Waals surface area (Å²) in [6.07, 6.45) is 0. The molecule has 0 atom stereocenters. The van der Waals surface area contributed by atoms with Gasteiger partial charge in [-0.2, -0.15) is 0 Å². The maximum Gasteiger partial charge on any atom is 0.316 e. The zero-order valence-corrected chi connectivity index (χ0v) is 4.39. The molecule has 1 rings (SSSR count). The fourth-order valence-corrected chi connectivity index (χ4v) is 0.537. The van der Waals surface area contributed by atoms with Crippen LogP contribution in [0.3, 0.4) is 0 Å². The molecule has 0 unspecified atom stereocenters. The van der Waals surface area contributed by atoms with Crippen LogP contribution >= 0.6 is 0 Å². The second-order valence-corrected chi connectivity index (χ2v) is 1.63. The minimum Gasteiger partial charge on any atom is -0.207 e. The van der Waals surface area contributed by atoms with E-state index < -0.39 is 0 Å². The van der Waals surface area contributed by atoms with Crippen LogP contribution in [0.5, 0.6) is 0 Å². The third-order valence-electron chi connectivity index (χ3n) is 0.889. The Hall–Kier alpha value is -0.0838. The van der Waals surface area contributed by atoms with Gasteiger partial charge in [0.05, 0.1) is 0 Å². The van der Waals surface area contributed by atoms with Crippen LogP contribution in [0.15, 0.2) is 24.3 Å². The van der Waals surface area contributed by atoms with Gasteiger partial charge in [0.1, 0.15) is 5.82 Å². The second kappa shape index (κ2) is 3.85. The topological polar surface area (TPSA) is 0 Å². The molecule has 0 bridgehead atoms. The van der Waals surface area contributed by atoms with Gasteiger partial charge in [-0.15, -0.1) is 0 Å². The van der Waals surface area contributed by atoms with E-state index in [0.29, 0.717) is 5.56 Å². The first-order chi connectivity index (χ1) is 3.79. The Morgan fingerprint density at radius 2 is 2.00 bits per heavy atom. The first kappa shape index (κ1) is 8.92. The normalized spacial score (nSPS) is 8.22. The lowest BCUT2D eigenvalue weighted by atomic mass is 10.2. The Kier molecular flexibility index (Phi) is 3.82. The molecular weight excluding hydrogens is 127 g/mol. The lowest BCUT2D eigenvalue weighted by Gasteiger charge is -1.87. The molecule has 2 heteroatoms. The molecule has 0 heterocycles. The van der Waals surface area contributed by atoms with Crippen molar-refractivity contribution in [3.05, 3.63) is 42.6 Å². The second-order valence-electron chi connectivity index (χ2n) is 1.63. The molecule has 9 heavy (non-hydrogen) atoms. The Balaban J connectivity index is 0.000000640. The van der Waals surface area contributed by atoms with Crippen molar-refractivity contribution >= 4 is 23.1 Å². The van der Waals surface area contributed by atoms with E-state index in [0.717, 1.165) is 0 Å². The third kappa shape index (κ3) is 2.82. The quantitative estimate of drug-likeness (QED) is 0.467. The molecule has 0 aliphatic rings. The van der Waals surface area contributed by atoms with Gasteiger partial charge in [-0.05, 0) is 24.6 Å². The van der Waals surface area contributed by atoms with Gasteiger partial charge in [-0.25, -0.2) is 4.39 Å². The van der Waals surface area contributed by atoms with Gasteiger partial charge < -0.3 is 0 Å². The van der Waals surface area contributed by atoms with E-state index in [1.165, 1.54) is 12.1 Å².